The lowest BCUT2D eigenvalue weighted by Crippen LogP contribution is -2.25. The third-order valence-electron chi connectivity index (χ3n) is 7.01. The van der Waals surface area contributed by atoms with Crippen molar-refractivity contribution in [1.82, 2.24) is 20.2 Å². The summed E-state index contributed by atoms with van der Waals surface area (Å²) in [6, 6.07) is 19.7. The molecule has 47 heavy (non-hydrogen) atoms. The molecule has 0 saturated carbocycles. The molecule has 0 bridgehead atoms. The van der Waals surface area contributed by atoms with E-state index in [9.17, 15) is 39.5 Å². The molecule has 1 heterocycles. The van der Waals surface area contributed by atoms with Crippen LogP contribution in [0.1, 0.15) is 33.4 Å². The third kappa shape index (κ3) is 8.20. The van der Waals surface area contributed by atoms with Gasteiger partial charge in [-0.05, 0) is 63.9 Å². The van der Waals surface area contributed by atoms with Gasteiger partial charge in [0.25, 0.3) is 5.95 Å². The van der Waals surface area contributed by atoms with Crippen LogP contribution in [-0.2, 0) is 45.3 Å². The second-order valence-electron chi connectivity index (χ2n) is 10.5. The lowest BCUT2D eigenvalue weighted by Gasteiger charge is -2.25. The molecule has 246 valence electrons. The van der Waals surface area contributed by atoms with Crippen LogP contribution in [0.3, 0.4) is 0 Å². The number of ether oxygens (including phenoxy) is 1. The zero-order valence-electron chi connectivity index (χ0n) is 24.3. The summed E-state index contributed by atoms with van der Waals surface area (Å²) in [5.74, 6) is 0.0877. The van der Waals surface area contributed by atoms with Gasteiger partial charge in [0.2, 0.25) is 0 Å². The zero-order chi connectivity index (χ0) is 34.0. The Morgan fingerprint density at radius 3 is 1.85 bits per heavy atom. The van der Waals surface area contributed by atoms with Gasteiger partial charge < -0.3 is 9.64 Å². The quantitative estimate of drug-likeness (QED) is 0.148. The number of para-hydroxylation sites is 1. The maximum absolute atomic E-state index is 13.9. The molecule has 0 saturated heterocycles. The van der Waals surface area contributed by atoms with E-state index in [0.717, 1.165) is 27.4 Å². The maximum Gasteiger partial charge on any atom is 0.416 e. The average Bonchev–Trinajstić information content (AvgIpc) is 3.45. The van der Waals surface area contributed by atoms with Crippen LogP contribution in [0.4, 0.5) is 45.5 Å². The number of alkyl halides is 9. The molecule has 0 aliphatic rings. The highest BCUT2D eigenvalue weighted by atomic mass is 19.4. The van der Waals surface area contributed by atoms with Crippen molar-refractivity contribution in [3.63, 3.8) is 0 Å². The average molecular weight is 666 g/mol. The Bertz CT molecular complexity index is 1800. The van der Waals surface area contributed by atoms with Crippen molar-refractivity contribution >= 4 is 5.95 Å². The molecular formula is C32H24F9N5O. The largest absolute Gasteiger partial charge is 0.488 e. The highest BCUT2D eigenvalue weighted by molar-refractivity contribution is 5.74. The van der Waals surface area contributed by atoms with Gasteiger partial charge in [-0.1, -0.05) is 59.7 Å². The van der Waals surface area contributed by atoms with E-state index < -0.39 is 53.9 Å². The molecule has 0 amide bonds. The number of hydrogen-bond acceptors (Lipinski definition) is 5. The van der Waals surface area contributed by atoms with E-state index >= 15 is 0 Å². The SMILES string of the molecule is Cn1nnc(N(Cc2cc(C(F)(F)F)cc(C(F)(F)F)c2)Cc2cc(C(F)(F)F)ccc2-c2ccccc2OCc2ccccc2)n1. The summed E-state index contributed by atoms with van der Waals surface area (Å²) in [5, 5.41) is 11.6. The number of hydrogen-bond donors (Lipinski definition) is 0. The first-order valence-corrected chi connectivity index (χ1v) is 13.8. The molecule has 1 aromatic heterocycles. The highest BCUT2D eigenvalue weighted by Crippen LogP contribution is 2.39. The van der Waals surface area contributed by atoms with E-state index in [1.807, 2.05) is 30.3 Å². The maximum atomic E-state index is 13.9. The number of anilines is 1. The number of benzene rings is 4. The van der Waals surface area contributed by atoms with Crippen LogP contribution < -0.4 is 9.64 Å². The van der Waals surface area contributed by atoms with E-state index in [-0.39, 0.29) is 29.7 Å². The van der Waals surface area contributed by atoms with Crippen LogP contribution in [-0.4, -0.2) is 20.2 Å². The lowest BCUT2D eigenvalue weighted by atomic mass is 9.95. The molecular weight excluding hydrogens is 641 g/mol. The van der Waals surface area contributed by atoms with Crippen LogP contribution >= 0.6 is 0 Å². The van der Waals surface area contributed by atoms with Gasteiger partial charge in [-0.25, -0.2) is 0 Å². The molecule has 0 spiro atoms. The number of halogens is 9. The molecule has 0 radical (unpaired) electrons. The van der Waals surface area contributed by atoms with Crippen molar-refractivity contribution in [2.24, 2.45) is 7.05 Å². The minimum Gasteiger partial charge on any atom is -0.488 e. The molecule has 0 atom stereocenters. The molecule has 0 fully saturated rings. The Labute approximate surface area is 262 Å². The van der Waals surface area contributed by atoms with Gasteiger partial charge in [0.15, 0.2) is 0 Å². The minimum atomic E-state index is -5.11. The van der Waals surface area contributed by atoms with Gasteiger partial charge in [-0.3, -0.25) is 0 Å². The molecule has 4 aromatic carbocycles. The monoisotopic (exact) mass is 665 g/mol. The topological polar surface area (TPSA) is 56.1 Å². The van der Waals surface area contributed by atoms with Crippen molar-refractivity contribution in [3.05, 3.63) is 124 Å². The number of aryl methyl sites for hydroxylation is 1. The second-order valence-corrected chi connectivity index (χ2v) is 10.5. The predicted molar refractivity (Wildman–Crippen MR) is 153 cm³/mol. The van der Waals surface area contributed by atoms with Crippen LogP contribution in [0.2, 0.25) is 0 Å². The third-order valence-corrected chi connectivity index (χ3v) is 7.01. The minimum absolute atomic E-state index is 0.00824. The Morgan fingerprint density at radius 1 is 0.638 bits per heavy atom. The summed E-state index contributed by atoms with van der Waals surface area (Å²) in [7, 11) is 1.37. The summed E-state index contributed by atoms with van der Waals surface area (Å²) in [5.41, 5.74) is -3.02. The lowest BCUT2D eigenvalue weighted by molar-refractivity contribution is -0.143. The fraction of sp³-hybridized carbons (Fsp3) is 0.219. The van der Waals surface area contributed by atoms with Crippen molar-refractivity contribution in [2.75, 3.05) is 4.90 Å². The molecule has 6 nitrogen and oxygen atoms in total. The summed E-state index contributed by atoms with van der Waals surface area (Å²) < 4.78 is 129. The molecule has 0 aliphatic carbocycles. The molecule has 0 unspecified atom stereocenters. The number of aromatic nitrogens is 4. The standard InChI is InChI=1S/C32H24F9N5O/c1-45-43-29(42-44-45)46(17-21-13-24(31(36,37)38)16-25(14-21)32(39,40)41)18-22-15-23(30(33,34)35)11-12-26(22)27-9-5-6-10-28(27)47-19-20-7-3-2-4-8-20/h2-16H,17-19H2,1H3. The van der Waals surface area contributed by atoms with Gasteiger partial charge in [0, 0.05) is 18.7 Å². The van der Waals surface area contributed by atoms with E-state index in [4.69, 9.17) is 4.74 Å². The van der Waals surface area contributed by atoms with Gasteiger partial charge in [0.05, 0.1) is 23.7 Å². The Morgan fingerprint density at radius 2 is 1.26 bits per heavy atom. The number of rotatable bonds is 9. The first-order valence-electron chi connectivity index (χ1n) is 13.8. The fourth-order valence-electron chi connectivity index (χ4n) is 4.85. The van der Waals surface area contributed by atoms with Crippen molar-refractivity contribution in [2.45, 2.75) is 38.2 Å². The van der Waals surface area contributed by atoms with Crippen LogP contribution in [0.5, 0.6) is 5.75 Å². The van der Waals surface area contributed by atoms with Crippen LogP contribution in [0.25, 0.3) is 11.1 Å². The summed E-state index contributed by atoms with van der Waals surface area (Å²) in [6.07, 6.45) is -15.0. The molecule has 15 heteroatoms. The molecule has 0 N–H and O–H groups in total. The Kier molecular flexibility index (Phi) is 9.18. The van der Waals surface area contributed by atoms with Gasteiger partial charge in [-0.15, -0.1) is 5.10 Å². The van der Waals surface area contributed by atoms with Gasteiger partial charge in [0.1, 0.15) is 12.4 Å². The zero-order valence-corrected chi connectivity index (χ0v) is 24.3. The highest BCUT2D eigenvalue weighted by Gasteiger charge is 2.37. The first-order chi connectivity index (χ1) is 22.1. The summed E-state index contributed by atoms with van der Waals surface area (Å²) >= 11 is 0. The second kappa shape index (κ2) is 13.0. The normalized spacial score (nSPS) is 12.3. The number of nitrogens with zero attached hydrogens (tertiary/aromatic N) is 5. The number of tetrazole rings is 1. The predicted octanol–water partition coefficient (Wildman–Crippen LogP) is 8.72. The summed E-state index contributed by atoms with van der Waals surface area (Å²) in [4.78, 5) is 2.14. The van der Waals surface area contributed by atoms with Gasteiger partial charge in [-0.2, -0.15) is 44.3 Å². The van der Waals surface area contributed by atoms with Crippen LogP contribution in [0, 0.1) is 0 Å². The molecule has 5 aromatic rings. The van der Waals surface area contributed by atoms with E-state index in [0.29, 0.717) is 23.4 Å². The molecule has 5 rings (SSSR count). The van der Waals surface area contributed by atoms with Crippen LogP contribution in [0.15, 0.2) is 91.0 Å². The Balaban J connectivity index is 1.60. The van der Waals surface area contributed by atoms with Crippen molar-refractivity contribution in [1.29, 1.82) is 0 Å². The fourth-order valence-corrected chi connectivity index (χ4v) is 4.85. The first kappa shape index (κ1) is 33.3. The van der Waals surface area contributed by atoms with E-state index in [1.165, 1.54) is 13.1 Å². The van der Waals surface area contributed by atoms with Crippen molar-refractivity contribution in [3.8, 4) is 16.9 Å². The Hall–Kier alpha value is -5.08. The molecule has 0 aliphatic heterocycles. The smallest absolute Gasteiger partial charge is 0.416 e. The summed E-state index contributed by atoms with van der Waals surface area (Å²) in [6.45, 7) is -0.962. The van der Waals surface area contributed by atoms with E-state index in [1.54, 1.807) is 24.3 Å². The van der Waals surface area contributed by atoms with E-state index in [2.05, 4.69) is 15.4 Å². The van der Waals surface area contributed by atoms with Gasteiger partial charge >= 0.3 is 18.5 Å². The van der Waals surface area contributed by atoms with Crippen molar-refractivity contribution < 1.29 is 44.3 Å².